The number of rotatable bonds is 6. The van der Waals surface area contributed by atoms with Gasteiger partial charge in [0.2, 0.25) is 10.0 Å². The number of carbonyl (C=O) groups is 2. The van der Waals surface area contributed by atoms with E-state index in [4.69, 9.17) is 4.74 Å². The van der Waals surface area contributed by atoms with Gasteiger partial charge in [-0.25, -0.2) is 13.2 Å². The van der Waals surface area contributed by atoms with Gasteiger partial charge in [-0.05, 0) is 59.1 Å². The molecule has 1 aliphatic rings. The first-order chi connectivity index (χ1) is 13.4. The van der Waals surface area contributed by atoms with Crippen molar-refractivity contribution >= 4 is 43.5 Å². The summed E-state index contributed by atoms with van der Waals surface area (Å²) >= 11 is 3.25. The van der Waals surface area contributed by atoms with Crippen molar-refractivity contribution < 1.29 is 22.7 Å². The number of ether oxygens (including phenoxy) is 1. The molecule has 1 fully saturated rings. The zero-order chi connectivity index (χ0) is 20.1. The summed E-state index contributed by atoms with van der Waals surface area (Å²) in [5.74, 6) is -1.19. The van der Waals surface area contributed by atoms with Crippen LogP contribution < -0.4 is 5.32 Å². The number of sulfonamides is 1. The molecule has 3 rings (SSSR count). The van der Waals surface area contributed by atoms with Gasteiger partial charge < -0.3 is 10.1 Å². The summed E-state index contributed by atoms with van der Waals surface area (Å²) in [6.07, 6.45) is 1.69. The molecule has 1 N–H and O–H groups in total. The van der Waals surface area contributed by atoms with Gasteiger partial charge in [-0.2, -0.15) is 4.31 Å². The van der Waals surface area contributed by atoms with E-state index in [1.165, 1.54) is 16.4 Å². The van der Waals surface area contributed by atoms with Crippen molar-refractivity contribution in [3.8, 4) is 0 Å². The third-order valence-corrected chi connectivity index (χ3v) is 6.83. The van der Waals surface area contributed by atoms with Gasteiger partial charge in [-0.1, -0.05) is 18.2 Å². The van der Waals surface area contributed by atoms with E-state index in [9.17, 15) is 18.0 Å². The normalized spacial score (nSPS) is 14.6. The standard InChI is InChI=1S/C19H19BrN2O5S/c20-17-9-2-1-8-16(17)19(24)27-13-18(23)21-14-6-5-7-15(12-14)28(25,26)22-10-3-4-11-22/h1-2,5-9,12H,3-4,10-11,13H2,(H,21,23). The fourth-order valence-corrected chi connectivity index (χ4v) is 4.85. The molecular formula is C19H19BrN2O5S. The predicted molar refractivity (Wildman–Crippen MR) is 107 cm³/mol. The van der Waals surface area contributed by atoms with Crippen LogP contribution >= 0.6 is 15.9 Å². The largest absolute Gasteiger partial charge is 0.452 e. The zero-order valence-corrected chi connectivity index (χ0v) is 17.3. The second kappa shape index (κ2) is 8.85. The highest BCUT2D eigenvalue weighted by atomic mass is 79.9. The molecule has 2 aromatic rings. The van der Waals surface area contributed by atoms with Crippen LogP contribution in [0.4, 0.5) is 5.69 Å². The summed E-state index contributed by atoms with van der Waals surface area (Å²) in [5, 5.41) is 2.56. The Morgan fingerprint density at radius 1 is 1.07 bits per heavy atom. The van der Waals surface area contributed by atoms with Gasteiger partial charge in [0.25, 0.3) is 5.91 Å². The Kier molecular flexibility index (Phi) is 6.48. The lowest BCUT2D eigenvalue weighted by Gasteiger charge is -2.16. The zero-order valence-electron chi connectivity index (χ0n) is 14.9. The summed E-state index contributed by atoms with van der Waals surface area (Å²) in [4.78, 5) is 24.3. The van der Waals surface area contributed by atoms with Gasteiger partial charge in [0.1, 0.15) is 0 Å². The third kappa shape index (κ3) is 4.78. The Balaban J connectivity index is 1.62. The number of benzene rings is 2. The van der Waals surface area contributed by atoms with Crippen LogP contribution in [-0.4, -0.2) is 44.3 Å². The highest BCUT2D eigenvalue weighted by molar-refractivity contribution is 9.10. The van der Waals surface area contributed by atoms with Crippen LogP contribution in [-0.2, 0) is 19.6 Å². The summed E-state index contributed by atoms with van der Waals surface area (Å²) < 4.78 is 32.3. The highest BCUT2D eigenvalue weighted by Gasteiger charge is 2.27. The molecule has 0 bridgehead atoms. The monoisotopic (exact) mass is 466 g/mol. The molecule has 0 aromatic heterocycles. The number of amides is 1. The van der Waals surface area contributed by atoms with Crippen LogP contribution in [0, 0.1) is 0 Å². The molecule has 1 heterocycles. The minimum atomic E-state index is -3.57. The van der Waals surface area contributed by atoms with Crippen LogP contribution in [0.1, 0.15) is 23.2 Å². The van der Waals surface area contributed by atoms with Gasteiger partial charge >= 0.3 is 5.97 Å². The van der Waals surface area contributed by atoms with Crippen molar-refractivity contribution in [3.63, 3.8) is 0 Å². The molecule has 0 spiro atoms. The maximum Gasteiger partial charge on any atom is 0.339 e. The van der Waals surface area contributed by atoms with E-state index in [0.717, 1.165) is 12.8 Å². The number of hydrogen-bond acceptors (Lipinski definition) is 5. The first-order valence-electron chi connectivity index (χ1n) is 8.69. The molecule has 148 valence electrons. The van der Waals surface area contributed by atoms with E-state index in [1.54, 1.807) is 36.4 Å². The smallest absolute Gasteiger partial charge is 0.339 e. The van der Waals surface area contributed by atoms with E-state index in [2.05, 4.69) is 21.2 Å². The SMILES string of the molecule is O=C(COC(=O)c1ccccc1Br)Nc1cccc(S(=O)(=O)N2CCCC2)c1. The first kappa shape index (κ1) is 20.5. The van der Waals surface area contributed by atoms with E-state index in [-0.39, 0.29) is 4.90 Å². The lowest BCUT2D eigenvalue weighted by atomic mass is 10.2. The average Bonchev–Trinajstić information content (AvgIpc) is 3.22. The number of anilines is 1. The first-order valence-corrected chi connectivity index (χ1v) is 10.9. The molecule has 0 saturated carbocycles. The predicted octanol–water partition coefficient (Wildman–Crippen LogP) is 3.03. The van der Waals surface area contributed by atoms with E-state index in [0.29, 0.717) is 28.8 Å². The molecule has 2 aromatic carbocycles. The molecule has 0 unspecified atom stereocenters. The topological polar surface area (TPSA) is 92.8 Å². The lowest BCUT2D eigenvalue weighted by Crippen LogP contribution is -2.28. The molecule has 1 saturated heterocycles. The molecular weight excluding hydrogens is 448 g/mol. The minimum absolute atomic E-state index is 0.123. The maximum absolute atomic E-state index is 12.6. The van der Waals surface area contributed by atoms with Gasteiger partial charge in [0.05, 0.1) is 10.5 Å². The van der Waals surface area contributed by atoms with Crippen LogP contribution in [0.25, 0.3) is 0 Å². The second-order valence-corrected chi connectivity index (χ2v) is 9.04. The van der Waals surface area contributed by atoms with Crippen molar-refractivity contribution in [2.75, 3.05) is 25.0 Å². The third-order valence-electron chi connectivity index (χ3n) is 4.25. The number of hydrogen-bond donors (Lipinski definition) is 1. The Labute approximate surface area is 171 Å². The van der Waals surface area contributed by atoms with Gasteiger partial charge in [-0.15, -0.1) is 0 Å². The van der Waals surface area contributed by atoms with E-state index >= 15 is 0 Å². The lowest BCUT2D eigenvalue weighted by molar-refractivity contribution is -0.119. The number of carbonyl (C=O) groups excluding carboxylic acids is 2. The van der Waals surface area contributed by atoms with Gasteiger partial charge in [0.15, 0.2) is 6.61 Å². The fraction of sp³-hybridized carbons (Fsp3) is 0.263. The van der Waals surface area contributed by atoms with E-state index in [1.807, 2.05) is 0 Å². The molecule has 0 radical (unpaired) electrons. The highest BCUT2D eigenvalue weighted by Crippen LogP contribution is 2.23. The molecule has 1 amide bonds. The van der Waals surface area contributed by atoms with Gasteiger partial charge in [0, 0.05) is 23.2 Å². The quantitative estimate of drug-likeness (QED) is 0.660. The van der Waals surface area contributed by atoms with Crippen molar-refractivity contribution in [2.45, 2.75) is 17.7 Å². The van der Waals surface area contributed by atoms with Crippen molar-refractivity contribution in [2.24, 2.45) is 0 Å². The Hall–Kier alpha value is -2.23. The molecule has 1 aliphatic heterocycles. The second-order valence-electron chi connectivity index (χ2n) is 6.24. The minimum Gasteiger partial charge on any atom is -0.452 e. The molecule has 0 aliphatic carbocycles. The maximum atomic E-state index is 12.6. The molecule has 9 heteroatoms. The number of halogens is 1. The Morgan fingerprint density at radius 2 is 1.79 bits per heavy atom. The summed E-state index contributed by atoms with van der Waals surface area (Å²) in [5.41, 5.74) is 0.635. The summed E-state index contributed by atoms with van der Waals surface area (Å²) in [7, 11) is -3.57. The van der Waals surface area contributed by atoms with Crippen LogP contribution in [0.3, 0.4) is 0 Å². The van der Waals surface area contributed by atoms with E-state index < -0.39 is 28.5 Å². The number of nitrogens with zero attached hydrogens (tertiary/aromatic N) is 1. The van der Waals surface area contributed by atoms with Crippen LogP contribution in [0.15, 0.2) is 57.9 Å². The Morgan fingerprint density at radius 3 is 2.50 bits per heavy atom. The molecule has 0 atom stereocenters. The summed E-state index contributed by atoms with van der Waals surface area (Å²) in [6, 6.07) is 12.8. The molecule has 7 nitrogen and oxygen atoms in total. The Bertz CT molecular complexity index is 987. The van der Waals surface area contributed by atoms with Crippen molar-refractivity contribution in [1.82, 2.24) is 4.31 Å². The fourth-order valence-electron chi connectivity index (χ4n) is 2.84. The average molecular weight is 467 g/mol. The van der Waals surface area contributed by atoms with Crippen molar-refractivity contribution in [1.29, 1.82) is 0 Å². The van der Waals surface area contributed by atoms with Crippen LogP contribution in [0.2, 0.25) is 0 Å². The van der Waals surface area contributed by atoms with Gasteiger partial charge in [-0.3, -0.25) is 4.79 Å². The van der Waals surface area contributed by atoms with Crippen molar-refractivity contribution in [3.05, 3.63) is 58.6 Å². The van der Waals surface area contributed by atoms with Crippen LogP contribution in [0.5, 0.6) is 0 Å². The summed E-state index contributed by atoms with van der Waals surface area (Å²) in [6.45, 7) is 0.525. The number of nitrogens with one attached hydrogen (secondary N) is 1. The molecule has 28 heavy (non-hydrogen) atoms. The number of esters is 1.